The Labute approximate surface area is 186 Å². The summed E-state index contributed by atoms with van der Waals surface area (Å²) >= 11 is 1.70. The SMILES string of the molecule is CC1CN(c2nc(N3CCNCC3)nc3c(SCc4ccccc4)ncnc23)CCO1. The Hall–Kier alpha value is -2.49. The van der Waals surface area contributed by atoms with E-state index in [1.165, 1.54) is 5.56 Å². The van der Waals surface area contributed by atoms with Crippen LogP contribution in [0.1, 0.15) is 12.5 Å². The second-order valence-corrected chi connectivity index (χ2v) is 8.83. The second-order valence-electron chi connectivity index (χ2n) is 7.86. The van der Waals surface area contributed by atoms with Crippen LogP contribution in [-0.4, -0.2) is 71.9 Å². The Kier molecular flexibility index (Phi) is 6.15. The topological polar surface area (TPSA) is 79.3 Å². The monoisotopic (exact) mass is 437 g/mol. The van der Waals surface area contributed by atoms with Crippen molar-refractivity contribution < 1.29 is 4.74 Å². The summed E-state index contributed by atoms with van der Waals surface area (Å²) < 4.78 is 5.76. The van der Waals surface area contributed by atoms with Gasteiger partial charge in [0.2, 0.25) is 5.95 Å². The van der Waals surface area contributed by atoms with Crippen molar-refractivity contribution in [3.63, 3.8) is 0 Å². The summed E-state index contributed by atoms with van der Waals surface area (Å²) in [5.74, 6) is 2.49. The molecule has 2 saturated heterocycles. The zero-order valence-corrected chi connectivity index (χ0v) is 18.5. The molecule has 162 valence electrons. The first-order valence-electron chi connectivity index (χ1n) is 10.8. The molecule has 0 amide bonds. The fourth-order valence-electron chi connectivity index (χ4n) is 3.97. The molecule has 8 nitrogen and oxygen atoms in total. The van der Waals surface area contributed by atoms with Gasteiger partial charge in [-0.25, -0.2) is 15.0 Å². The van der Waals surface area contributed by atoms with Crippen LogP contribution in [0.3, 0.4) is 0 Å². The molecule has 0 bridgehead atoms. The van der Waals surface area contributed by atoms with Gasteiger partial charge >= 0.3 is 0 Å². The van der Waals surface area contributed by atoms with Crippen LogP contribution in [0.5, 0.6) is 0 Å². The molecule has 1 atom stereocenters. The quantitative estimate of drug-likeness (QED) is 0.478. The normalized spacial score (nSPS) is 19.7. The van der Waals surface area contributed by atoms with E-state index in [0.717, 1.165) is 72.8 Å². The van der Waals surface area contributed by atoms with Crippen LogP contribution < -0.4 is 15.1 Å². The summed E-state index contributed by atoms with van der Waals surface area (Å²) in [6.45, 7) is 8.05. The van der Waals surface area contributed by atoms with E-state index in [2.05, 4.69) is 56.3 Å². The maximum atomic E-state index is 5.76. The molecule has 1 N–H and O–H groups in total. The smallest absolute Gasteiger partial charge is 0.228 e. The fourth-order valence-corrected chi connectivity index (χ4v) is 4.87. The molecule has 2 fully saturated rings. The van der Waals surface area contributed by atoms with Crippen molar-refractivity contribution in [1.82, 2.24) is 25.3 Å². The molecule has 1 unspecified atom stereocenters. The van der Waals surface area contributed by atoms with Gasteiger partial charge in [0.05, 0.1) is 12.7 Å². The average molecular weight is 438 g/mol. The minimum atomic E-state index is 0.162. The highest BCUT2D eigenvalue weighted by atomic mass is 32.2. The molecule has 9 heteroatoms. The van der Waals surface area contributed by atoms with E-state index >= 15 is 0 Å². The van der Waals surface area contributed by atoms with Crippen LogP contribution >= 0.6 is 11.8 Å². The number of piperazine rings is 1. The first-order chi connectivity index (χ1) is 15.3. The first-order valence-corrected chi connectivity index (χ1v) is 11.8. The van der Waals surface area contributed by atoms with Gasteiger partial charge in [-0.2, -0.15) is 4.98 Å². The maximum absolute atomic E-state index is 5.76. The minimum Gasteiger partial charge on any atom is -0.375 e. The van der Waals surface area contributed by atoms with Crippen molar-refractivity contribution in [3.05, 3.63) is 42.2 Å². The van der Waals surface area contributed by atoms with Crippen molar-refractivity contribution in [3.8, 4) is 0 Å². The van der Waals surface area contributed by atoms with E-state index in [-0.39, 0.29) is 6.10 Å². The number of nitrogens with zero attached hydrogens (tertiary/aromatic N) is 6. The summed E-state index contributed by atoms with van der Waals surface area (Å²) in [6, 6.07) is 10.4. The Morgan fingerprint density at radius 2 is 1.87 bits per heavy atom. The van der Waals surface area contributed by atoms with Crippen LogP contribution in [0.2, 0.25) is 0 Å². The standard InChI is InChI=1S/C22H27N7OS/c1-16-13-29(11-12-30-16)20-18-19(26-22(27-20)28-9-7-23-8-10-28)21(25-15-24-18)31-14-17-5-3-2-4-6-17/h2-6,15-16,23H,7-14H2,1H3. The molecule has 31 heavy (non-hydrogen) atoms. The zero-order valence-electron chi connectivity index (χ0n) is 17.7. The molecule has 2 aliphatic rings. The number of nitrogens with one attached hydrogen (secondary N) is 1. The number of hydrogen-bond acceptors (Lipinski definition) is 9. The lowest BCUT2D eigenvalue weighted by Gasteiger charge is -2.33. The van der Waals surface area contributed by atoms with Gasteiger partial charge in [0, 0.05) is 45.0 Å². The van der Waals surface area contributed by atoms with Crippen molar-refractivity contribution in [2.75, 3.05) is 55.7 Å². The van der Waals surface area contributed by atoms with Gasteiger partial charge in [-0.3, -0.25) is 0 Å². The Morgan fingerprint density at radius 3 is 2.68 bits per heavy atom. The summed E-state index contributed by atoms with van der Waals surface area (Å²) in [4.78, 5) is 23.7. The molecule has 1 aromatic carbocycles. The van der Waals surface area contributed by atoms with Gasteiger partial charge in [-0.1, -0.05) is 42.1 Å². The van der Waals surface area contributed by atoms with Crippen LogP contribution in [0.15, 0.2) is 41.7 Å². The molecule has 0 saturated carbocycles. The molecule has 0 radical (unpaired) electrons. The van der Waals surface area contributed by atoms with Crippen molar-refractivity contribution >= 4 is 34.6 Å². The number of fused-ring (bicyclic) bond motifs is 1. The third-order valence-electron chi connectivity index (χ3n) is 5.58. The van der Waals surface area contributed by atoms with Crippen LogP contribution in [0.4, 0.5) is 11.8 Å². The highest BCUT2D eigenvalue weighted by Crippen LogP contribution is 2.32. The van der Waals surface area contributed by atoms with Crippen LogP contribution in [0, 0.1) is 0 Å². The van der Waals surface area contributed by atoms with Gasteiger partial charge in [-0.05, 0) is 12.5 Å². The third kappa shape index (κ3) is 4.58. The number of aromatic nitrogens is 4. The van der Waals surface area contributed by atoms with Gasteiger partial charge < -0.3 is 19.9 Å². The highest BCUT2D eigenvalue weighted by molar-refractivity contribution is 7.98. The number of rotatable bonds is 5. The third-order valence-corrected chi connectivity index (χ3v) is 6.63. The molecule has 0 spiro atoms. The summed E-state index contributed by atoms with van der Waals surface area (Å²) in [6.07, 6.45) is 1.80. The van der Waals surface area contributed by atoms with Crippen molar-refractivity contribution in [2.45, 2.75) is 23.8 Å². The summed E-state index contributed by atoms with van der Waals surface area (Å²) in [5.41, 5.74) is 2.91. The predicted molar refractivity (Wildman–Crippen MR) is 124 cm³/mol. The molecule has 2 aliphatic heterocycles. The number of morpholine rings is 1. The lowest BCUT2D eigenvalue weighted by atomic mass is 10.2. The first kappa shape index (κ1) is 20.4. The minimum absolute atomic E-state index is 0.162. The zero-order chi connectivity index (χ0) is 21.0. The summed E-state index contributed by atoms with van der Waals surface area (Å²) in [5, 5.41) is 4.30. The molecule has 2 aromatic heterocycles. The molecule has 0 aliphatic carbocycles. The van der Waals surface area contributed by atoms with Crippen molar-refractivity contribution in [1.29, 1.82) is 0 Å². The number of hydrogen-bond donors (Lipinski definition) is 1. The van der Waals surface area contributed by atoms with Gasteiger partial charge in [-0.15, -0.1) is 0 Å². The lowest BCUT2D eigenvalue weighted by Crippen LogP contribution is -2.45. The maximum Gasteiger partial charge on any atom is 0.228 e. The molecule has 5 rings (SSSR count). The number of ether oxygens (including phenoxy) is 1. The van der Waals surface area contributed by atoms with Crippen molar-refractivity contribution in [2.24, 2.45) is 0 Å². The second kappa shape index (κ2) is 9.33. The van der Waals surface area contributed by atoms with Gasteiger partial charge in [0.1, 0.15) is 22.4 Å². The number of thioether (sulfide) groups is 1. The Morgan fingerprint density at radius 1 is 1.03 bits per heavy atom. The van der Waals surface area contributed by atoms with E-state index < -0.39 is 0 Å². The van der Waals surface area contributed by atoms with Crippen LogP contribution in [-0.2, 0) is 10.5 Å². The van der Waals surface area contributed by atoms with E-state index in [1.807, 2.05) is 6.07 Å². The van der Waals surface area contributed by atoms with E-state index in [4.69, 9.17) is 14.7 Å². The molecular weight excluding hydrogens is 410 g/mol. The van der Waals surface area contributed by atoms with E-state index in [9.17, 15) is 0 Å². The lowest BCUT2D eigenvalue weighted by molar-refractivity contribution is 0.0530. The highest BCUT2D eigenvalue weighted by Gasteiger charge is 2.25. The van der Waals surface area contributed by atoms with E-state index in [0.29, 0.717) is 6.61 Å². The largest absolute Gasteiger partial charge is 0.375 e. The Bertz CT molecular complexity index is 1030. The van der Waals surface area contributed by atoms with Gasteiger partial charge in [0.15, 0.2) is 5.82 Å². The predicted octanol–water partition coefficient (Wildman–Crippen LogP) is 2.35. The molecular formula is C22H27N7OS. The van der Waals surface area contributed by atoms with Gasteiger partial charge in [0.25, 0.3) is 0 Å². The number of benzene rings is 1. The molecule has 4 heterocycles. The average Bonchev–Trinajstić information content (AvgIpc) is 2.83. The number of anilines is 2. The fraction of sp³-hybridized carbons (Fsp3) is 0.455. The Balaban J connectivity index is 1.55. The van der Waals surface area contributed by atoms with E-state index in [1.54, 1.807) is 18.1 Å². The molecule has 3 aromatic rings. The summed E-state index contributed by atoms with van der Waals surface area (Å²) in [7, 11) is 0. The van der Waals surface area contributed by atoms with Crippen LogP contribution in [0.25, 0.3) is 11.0 Å².